The highest BCUT2D eigenvalue weighted by Gasteiger charge is 2.15. The van der Waals surface area contributed by atoms with Crippen LogP contribution >= 0.6 is 11.6 Å². The summed E-state index contributed by atoms with van der Waals surface area (Å²) in [6, 6.07) is 5.68. The van der Waals surface area contributed by atoms with Crippen LogP contribution in [0.4, 0.5) is 0 Å². The van der Waals surface area contributed by atoms with Crippen molar-refractivity contribution in [1.29, 1.82) is 0 Å². The second kappa shape index (κ2) is 6.50. The molecule has 0 saturated heterocycles. The van der Waals surface area contributed by atoms with E-state index in [1.54, 1.807) is 14.2 Å². The van der Waals surface area contributed by atoms with Crippen LogP contribution in [0.2, 0.25) is 0 Å². The van der Waals surface area contributed by atoms with Crippen LogP contribution in [0, 0.1) is 0 Å². The van der Waals surface area contributed by atoms with Crippen LogP contribution < -0.4 is 9.47 Å². The lowest BCUT2D eigenvalue weighted by atomic mass is 9.93. The van der Waals surface area contributed by atoms with Gasteiger partial charge in [0.15, 0.2) is 11.5 Å². The smallest absolute Gasteiger partial charge is 0.222 e. The molecule has 3 nitrogen and oxygen atoms in total. The van der Waals surface area contributed by atoms with Gasteiger partial charge < -0.3 is 9.47 Å². The summed E-state index contributed by atoms with van der Waals surface area (Å²) in [5.74, 6) is 1.48. The first-order chi connectivity index (χ1) is 8.12. The molecule has 1 atom stereocenters. The van der Waals surface area contributed by atoms with Gasteiger partial charge in [0.25, 0.3) is 0 Å². The normalized spacial score (nSPS) is 12.0. The lowest BCUT2D eigenvalue weighted by molar-refractivity contribution is -0.112. The molecular formula is C13H17ClO3. The van der Waals surface area contributed by atoms with Crippen LogP contribution in [0.5, 0.6) is 11.5 Å². The Morgan fingerprint density at radius 1 is 1.29 bits per heavy atom. The quantitative estimate of drug-likeness (QED) is 0.732. The third-order valence-corrected chi connectivity index (χ3v) is 2.93. The molecule has 0 fully saturated rings. The topological polar surface area (TPSA) is 35.5 Å². The third-order valence-electron chi connectivity index (χ3n) is 2.78. The molecule has 4 heteroatoms. The summed E-state index contributed by atoms with van der Waals surface area (Å²) in [6.45, 7) is 2.03. The number of hydrogen-bond acceptors (Lipinski definition) is 3. The van der Waals surface area contributed by atoms with E-state index in [-0.39, 0.29) is 11.2 Å². The molecule has 0 aliphatic rings. The van der Waals surface area contributed by atoms with Gasteiger partial charge in [-0.15, -0.1) is 0 Å². The first-order valence-corrected chi connectivity index (χ1v) is 5.90. The lowest BCUT2D eigenvalue weighted by Gasteiger charge is -2.15. The van der Waals surface area contributed by atoms with Gasteiger partial charge in [-0.1, -0.05) is 13.0 Å². The monoisotopic (exact) mass is 256 g/mol. The number of rotatable bonds is 6. The minimum absolute atomic E-state index is 0.125. The van der Waals surface area contributed by atoms with Gasteiger partial charge in [-0.3, -0.25) is 4.79 Å². The molecule has 0 saturated carbocycles. The number of hydrogen-bond donors (Lipinski definition) is 0. The lowest BCUT2D eigenvalue weighted by Crippen LogP contribution is -2.02. The first kappa shape index (κ1) is 13.8. The zero-order valence-corrected chi connectivity index (χ0v) is 11.1. The fourth-order valence-corrected chi connectivity index (χ4v) is 1.98. The van der Waals surface area contributed by atoms with Crippen molar-refractivity contribution >= 4 is 16.8 Å². The Kier molecular flexibility index (Phi) is 5.29. The molecule has 94 valence electrons. The number of halogens is 1. The molecule has 0 N–H and O–H groups in total. The molecule has 0 amide bonds. The van der Waals surface area contributed by atoms with E-state index < -0.39 is 0 Å². The molecule has 0 radical (unpaired) electrons. The Morgan fingerprint density at radius 3 is 2.41 bits per heavy atom. The average molecular weight is 257 g/mol. The van der Waals surface area contributed by atoms with Crippen molar-refractivity contribution in [2.45, 2.75) is 25.7 Å². The molecule has 1 rings (SSSR count). The molecule has 0 aromatic heterocycles. The highest BCUT2D eigenvalue weighted by Crippen LogP contribution is 2.33. The zero-order chi connectivity index (χ0) is 12.8. The van der Waals surface area contributed by atoms with E-state index in [4.69, 9.17) is 21.1 Å². The molecule has 0 heterocycles. The number of benzene rings is 1. The van der Waals surface area contributed by atoms with Crippen molar-refractivity contribution in [2.24, 2.45) is 0 Å². The van der Waals surface area contributed by atoms with Crippen LogP contribution in [0.15, 0.2) is 18.2 Å². The molecule has 17 heavy (non-hydrogen) atoms. The second-order valence-electron chi connectivity index (χ2n) is 3.78. The van der Waals surface area contributed by atoms with Gasteiger partial charge in [-0.05, 0) is 41.6 Å². The molecule has 0 aliphatic carbocycles. The molecular weight excluding hydrogens is 240 g/mol. The summed E-state index contributed by atoms with van der Waals surface area (Å²) in [6.07, 6.45) is 1.20. The van der Waals surface area contributed by atoms with E-state index in [0.717, 1.165) is 12.0 Å². The van der Waals surface area contributed by atoms with Gasteiger partial charge in [0.2, 0.25) is 5.24 Å². The third kappa shape index (κ3) is 3.63. The van der Waals surface area contributed by atoms with Crippen molar-refractivity contribution in [2.75, 3.05) is 14.2 Å². The average Bonchev–Trinajstić information content (AvgIpc) is 2.34. The van der Waals surface area contributed by atoms with Crippen LogP contribution in [-0.4, -0.2) is 19.5 Å². The number of carbonyl (C=O) groups is 1. The largest absolute Gasteiger partial charge is 0.493 e. The minimum atomic E-state index is -0.313. The number of carbonyl (C=O) groups excluding carboxylic acids is 1. The molecule has 0 spiro atoms. The maximum atomic E-state index is 11.0. The van der Waals surface area contributed by atoms with Crippen molar-refractivity contribution < 1.29 is 14.3 Å². The SMILES string of the molecule is CCC(CC(=O)Cl)c1ccc(OC)c(OC)c1. The summed E-state index contributed by atoms with van der Waals surface area (Å²) in [7, 11) is 3.19. The molecule has 1 unspecified atom stereocenters. The van der Waals surface area contributed by atoms with E-state index in [0.29, 0.717) is 17.9 Å². The Morgan fingerprint density at radius 2 is 1.94 bits per heavy atom. The van der Waals surface area contributed by atoms with Gasteiger partial charge in [0.1, 0.15) is 0 Å². The fourth-order valence-electron chi connectivity index (χ4n) is 1.80. The predicted molar refractivity (Wildman–Crippen MR) is 68.1 cm³/mol. The van der Waals surface area contributed by atoms with Gasteiger partial charge in [-0.2, -0.15) is 0 Å². The summed E-state index contributed by atoms with van der Waals surface area (Å²) in [5, 5.41) is -0.313. The van der Waals surface area contributed by atoms with Crippen molar-refractivity contribution in [1.82, 2.24) is 0 Å². The predicted octanol–water partition coefficient (Wildman–Crippen LogP) is 3.35. The number of methoxy groups -OCH3 is 2. The van der Waals surface area contributed by atoms with Crippen LogP contribution in [0.25, 0.3) is 0 Å². The molecule has 0 bridgehead atoms. The van der Waals surface area contributed by atoms with Gasteiger partial charge >= 0.3 is 0 Å². The maximum Gasteiger partial charge on any atom is 0.222 e. The first-order valence-electron chi connectivity index (χ1n) is 5.52. The summed E-state index contributed by atoms with van der Waals surface area (Å²) < 4.78 is 10.4. The van der Waals surface area contributed by atoms with Crippen molar-refractivity contribution in [3.8, 4) is 11.5 Å². The van der Waals surface area contributed by atoms with Crippen molar-refractivity contribution in [3.05, 3.63) is 23.8 Å². The molecule has 1 aromatic carbocycles. The van der Waals surface area contributed by atoms with Crippen LogP contribution in [0.3, 0.4) is 0 Å². The van der Waals surface area contributed by atoms with E-state index in [9.17, 15) is 4.79 Å². The zero-order valence-electron chi connectivity index (χ0n) is 10.3. The van der Waals surface area contributed by atoms with Crippen molar-refractivity contribution in [3.63, 3.8) is 0 Å². The standard InChI is InChI=1S/C13H17ClO3/c1-4-9(8-13(14)15)10-5-6-11(16-2)12(7-10)17-3/h5-7,9H,4,8H2,1-3H3. The van der Waals surface area contributed by atoms with E-state index in [1.807, 2.05) is 25.1 Å². The Bertz CT molecular complexity index is 390. The van der Waals surface area contributed by atoms with Gasteiger partial charge in [-0.25, -0.2) is 0 Å². The van der Waals surface area contributed by atoms with Gasteiger partial charge in [0, 0.05) is 6.42 Å². The van der Waals surface area contributed by atoms with Crippen LogP contribution in [0.1, 0.15) is 31.2 Å². The Balaban J connectivity index is 3.00. The second-order valence-corrected chi connectivity index (χ2v) is 4.20. The number of ether oxygens (including phenoxy) is 2. The summed E-state index contributed by atoms with van der Waals surface area (Å²) >= 11 is 5.44. The highest BCUT2D eigenvalue weighted by atomic mass is 35.5. The minimum Gasteiger partial charge on any atom is -0.493 e. The Labute approximate surface area is 107 Å². The van der Waals surface area contributed by atoms with E-state index in [1.165, 1.54) is 0 Å². The summed E-state index contributed by atoms with van der Waals surface area (Å²) in [5.41, 5.74) is 1.04. The molecule has 0 aliphatic heterocycles. The van der Waals surface area contributed by atoms with Gasteiger partial charge in [0.05, 0.1) is 14.2 Å². The highest BCUT2D eigenvalue weighted by molar-refractivity contribution is 6.63. The molecule has 1 aromatic rings. The van der Waals surface area contributed by atoms with Crippen LogP contribution in [-0.2, 0) is 4.79 Å². The fraction of sp³-hybridized carbons (Fsp3) is 0.462. The van der Waals surface area contributed by atoms with E-state index in [2.05, 4.69) is 0 Å². The Hall–Kier alpha value is -1.22. The summed E-state index contributed by atoms with van der Waals surface area (Å²) in [4.78, 5) is 11.0. The maximum absolute atomic E-state index is 11.0. The van der Waals surface area contributed by atoms with E-state index >= 15 is 0 Å².